The molecule has 0 spiro atoms. The largest absolute Gasteiger partial charge is 0.345 e. The van der Waals surface area contributed by atoms with Crippen LogP contribution >= 0.6 is 0 Å². The van der Waals surface area contributed by atoms with Crippen LogP contribution in [-0.4, -0.2) is 5.91 Å². The van der Waals surface area contributed by atoms with Crippen molar-refractivity contribution >= 4 is 5.91 Å². The molecule has 22 heavy (non-hydrogen) atoms. The molecule has 0 aliphatic heterocycles. The normalized spacial score (nSPS) is 12.2. The van der Waals surface area contributed by atoms with Crippen LogP contribution in [0.1, 0.15) is 53.4 Å². The predicted molar refractivity (Wildman–Crippen MR) is 92.0 cm³/mol. The quantitative estimate of drug-likeness (QED) is 0.841. The lowest BCUT2D eigenvalue weighted by atomic mass is 9.96. The van der Waals surface area contributed by atoms with Crippen molar-refractivity contribution in [3.63, 3.8) is 0 Å². The Morgan fingerprint density at radius 1 is 1.05 bits per heavy atom. The summed E-state index contributed by atoms with van der Waals surface area (Å²) in [5, 5.41) is 3.21. The Hall–Kier alpha value is -2.09. The predicted octanol–water partition coefficient (Wildman–Crippen LogP) is 4.82. The Labute approximate surface area is 133 Å². The third-order valence-electron chi connectivity index (χ3n) is 3.85. The van der Waals surface area contributed by atoms with Gasteiger partial charge in [0.05, 0.1) is 6.04 Å². The molecule has 0 fully saturated rings. The second kappa shape index (κ2) is 7.26. The molecule has 0 heterocycles. The van der Waals surface area contributed by atoms with Crippen molar-refractivity contribution in [2.75, 3.05) is 0 Å². The minimum Gasteiger partial charge on any atom is -0.345 e. The SMILES string of the molecule is Cc1ccc(C)c(C(=O)N[C@H](CC(C)C)c2ccccc2)c1. The zero-order chi connectivity index (χ0) is 16.1. The van der Waals surface area contributed by atoms with Crippen LogP contribution in [0.2, 0.25) is 0 Å². The van der Waals surface area contributed by atoms with E-state index in [0.29, 0.717) is 5.92 Å². The van der Waals surface area contributed by atoms with E-state index in [0.717, 1.165) is 28.7 Å². The summed E-state index contributed by atoms with van der Waals surface area (Å²) in [5.74, 6) is 0.528. The third kappa shape index (κ3) is 4.20. The highest BCUT2D eigenvalue weighted by atomic mass is 16.1. The smallest absolute Gasteiger partial charge is 0.252 e. The molecule has 0 bridgehead atoms. The maximum absolute atomic E-state index is 12.7. The first-order chi connectivity index (χ1) is 10.5. The molecule has 0 saturated heterocycles. The Morgan fingerprint density at radius 3 is 2.36 bits per heavy atom. The van der Waals surface area contributed by atoms with Crippen LogP contribution in [0, 0.1) is 19.8 Å². The summed E-state index contributed by atoms with van der Waals surface area (Å²) >= 11 is 0. The highest BCUT2D eigenvalue weighted by Crippen LogP contribution is 2.22. The van der Waals surface area contributed by atoms with Gasteiger partial charge < -0.3 is 5.32 Å². The average Bonchev–Trinajstić information content (AvgIpc) is 2.49. The highest BCUT2D eigenvalue weighted by Gasteiger charge is 2.18. The fourth-order valence-electron chi connectivity index (χ4n) is 2.65. The van der Waals surface area contributed by atoms with E-state index in [1.54, 1.807) is 0 Å². The highest BCUT2D eigenvalue weighted by molar-refractivity contribution is 5.96. The van der Waals surface area contributed by atoms with Crippen LogP contribution in [0.15, 0.2) is 48.5 Å². The van der Waals surface area contributed by atoms with Crippen molar-refractivity contribution in [1.82, 2.24) is 5.32 Å². The van der Waals surface area contributed by atoms with Gasteiger partial charge in [0.2, 0.25) is 0 Å². The second-order valence-corrected chi connectivity index (χ2v) is 6.38. The summed E-state index contributed by atoms with van der Waals surface area (Å²) in [6, 6.07) is 16.3. The summed E-state index contributed by atoms with van der Waals surface area (Å²) < 4.78 is 0. The van der Waals surface area contributed by atoms with E-state index < -0.39 is 0 Å². The minimum atomic E-state index is 0.00991. The van der Waals surface area contributed by atoms with Crippen LogP contribution < -0.4 is 5.32 Å². The zero-order valence-corrected chi connectivity index (χ0v) is 13.9. The second-order valence-electron chi connectivity index (χ2n) is 6.38. The first-order valence-corrected chi connectivity index (χ1v) is 7.90. The Kier molecular flexibility index (Phi) is 5.37. The van der Waals surface area contributed by atoms with Crippen molar-refractivity contribution in [1.29, 1.82) is 0 Å². The number of carbonyl (C=O) groups excluding carboxylic acids is 1. The summed E-state index contributed by atoms with van der Waals surface area (Å²) in [6.07, 6.45) is 0.931. The van der Waals surface area contributed by atoms with Gasteiger partial charge in [-0.05, 0) is 43.4 Å². The van der Waals surface area contributed by atoms with E-state index in [1.807, 2.05) is 50.2 Å². The molecule has 0 aromatic heterocycles. The summed E-state index contributed by atoms with van der Waals surface area (Å²) in [4.78, 5) is 12.7. The Morgan fingerprint density at radius 2 is 1.73 bits per heavy atom. The van der Waals surface area contributed by atoms with E-state index in [-0.39, 0.29) is 11.9 Å². The maximum Gasteiger partial charge on any atom is 0.252 e. The first kappa shape index (κ1) is 16.3. The topological polar surface area (TPSA) is 29.1 Å². The molecule has 2 heteroatoms. The van der Waals surface area contributed by atoms with E-state index in [2.05, 4.69) is 31.3 Å². The number of aryl methyl sites for hydroxylation is 2. The van der Waals surface area contributed by atoms with Gasteiger partial charge in [-0.15, -0.1) is 0 Å². The number of hydrogen-bond acceptors (Lipinski definition) is 1. The molecular formula is C20H25NO. The van der Waals surface area contributed by atoms with Gasteiger partial charge in [0.1, 0.15) is 0 Å². The van der Waals surface area contributed by atoms with E-state index in [1.165, 1.54) is 0 Å². The number of hydrogen-bond donors (Lipinski definition) is 1. The maximum atomic E-state index is 12.7. The van der Waals surface area contributed by atoms with Gasteiger partial charge in [-0.1, -0.05) is 61.9 Å². The van der Waals surface area contributed by atoms with Gasteiger partial charge in [0.25, 0.3) is 5.91 Å². The third-order valence-corrected chi connectivity index (χ3v) is 3.85. The van der Waals surface area contributed by atoms with Crippen LogP contribution in [0.5, 0.6) is 0 Å². The van der Waals surface area contributed by atoms with Crippen LogP contribution in [-0.2, 0) is 0 Å². The van der Waals surface area contributed by atoms with Gasteiger partial charge in [-0.2, -0.15) is 0 Å². The number of benzene rings is 2. The molecule has 0 saturated carbocycles. The molecule has 1 amide bonds. The van der Waals surface area contributed by atoms with Gasteiger partial charge >= 0.3 is 0 Å². The van der Waals surface area contributed by atoms with E-state index in [4.69, 9.17) is 0 Å². The van der Waals surface area contributed by atoms with Crippen molar-refractivity contribution < 1.29 is 4.79 Å². The number of nitrogens with one attached hydrogen (secondary N) is 1. The molecule has 2 rings (SSSR count). The molecule has 0 radical (unpaired) electrons. The van der Waals surface area contributed by atoms with Gasteiger partial charge in [0, 0.05) is 5.56 Å². The number of carbonyl (C=O) groups is 1. The van der Waals surface area contributed by atoms with E-state index >= 15 is 0 Å². The Bertz CT molecular complexity index is 631. The van der Waals surface area contributed by atoms with Crippen molar-refractivity contribution in [2.45, 2.75) is 40.2 Å². The standard InChI is InChI=1S/C20H25NO/c1-14(2)12-19(17-8-6-5-7-9-17)21-20(22)18-13-15(3)10-11-16(18)4/h5-11,13-14,19H,12H2,1-4H3,(H,21,22)/t19-/m1/s1. The average molecular weight is 295 g/mol. The molecule has 1 N–H and O–H groups in total. The molecule has 0 aliphatic rings. The van der Waals surface area contributed by atoms with Gasteiger partial charge in [-0.25, -0.2) is 0 Å². The number of amides is 1. The van der Waals surface area contributed by atoms with Crippen LogP contribution in [0.3, 0.4) is 0 Å². The molecule has 2 nitrogen and oxygen atoms in total. The van der Waals surface area contributed by atoms with Crippen molar-refractivity contribution in [3.05, 3.63) is 70.8 Å². The Balaban J connectivity index is 2.23. The van der Waals surface area contributed by atoms with Crippen molar-refractivity contribution in [3.8, 4) is 0 Å². The summed E-state index contributed by atoms with van der Waals surface area (Å²) in [6.45, 7) is 8.35. The molecule has 2 aromatic rings. The molecule has 0 unspecified atom stereocenters. The monoisotopic (exact) mass is 295 g/mol. The molecule has 0 aliphatic carbocycles. The molecular weight excluding hydrogens is 270 g/mol. The van der Waals surface area contributed by atoms with Gasteiger partial charge in [-0.3, -0.25) is 4.79 Å². The summed E-state index contributed by atoms with van der Waals surface area (Å²) in [5.41, 5.74) is 4.05. The van der Waals surface area contributed by atoms with Crippen molar-refractivity contribution in [2.24, 2.45) is 5.92 Å². The lowest BCUT2D eigenvalue weighted by Crippen LogP contribution is -2.30. The first-order valence-electron chi connectivity index (χ1n) is 7.90. The van der Waals surface area contributed by atoms with Gasteiger partial charge in [0.15, 0.2) is 0 Å². The lowest BCUT2D eigenvalue weighted by molar-refractivity contribution is 0.0931. The fourth-order valence-corrected chi connectivity index (χ4v) is 2.65. The number of rotatable bonds is 5. The van der Waals surface area contributed by atoms with E-state index in [9.17, 15) is 4.79 Å². The van der Waals surface area contributed by atoms with Crippen LogP contribution in [0.25, 0.3) is 0 Å². The molecule has 2 aromatic carbocycles. The zero-order valence-electron chi connectivity index (χ0n) is 13.9. The van der Waals surface area contributed by atoms with Crippen LogP contribution in [0.4, 0.5) is 0 Å². The lowest BCUT2D eigenvalue weighted by Gasteiger charge is -2.22. The molecule has 1 atom stereocenters. The molecule has 116 valence electrons. The summed E-state index contributed by atoms with van der Waals surface area (Å²) in [7, 11) is 0. The fraction of sp³-hybridized carbons (Fsp3) is 0.350. The minimum absolute atomic E-state index is 0.00991.